The standard InChI is InChI=1S/C15H27N3S.HI/c1-3-12-19-13-11-18-15(16-2)17-10-9-14-7-5-4-6-8-14;/h3,7H,1,4-6,8-13H2,2H3,(H2,16,17,18);1H. The molecule has 1 aliphatic rings. The van der Waals surface area contributed by atoms with Gasteiger partial charge in [0.15, 0.2) is 5.96 Å². The normalized spacial score (nSPS) is 15.1. The number of allylic oxidation sites excluding steroid dienone is 1. The summed E-state index contributed by atoms with van der Waals surface area (Å²) in [6.07, 6.45) is 10.8. The second-order valence-corrected chi connectivity index (χ2v) is 5.80. The van der Waals surface area contributed by atoms with Crippen LogP contribution in [0.5, 0.6) is 0 Å². The highest BCUT2D eigenvalue weighted by molar-refractivity contribution is 14.0. The van der Waals surface area contributed by atoms with E-state index in [1.54, 1.807) is 5.57 Å². The van der Waals surface area contributed by atoms with Crippen LogP contribution in [0.4, 0.5) is 0 Å². The molecule has 0 aromatic carbocycles. The summed E-state index contributed by atoms with van der Waals surface area (Å²) < 4.78 is 0. The van der Waals surface area contributed by atoms with Gasteiger partial charge in [-0.1, -0.05) is 17.7 Å². The molecule has 0 amide bonds. The lowest BCUT2D eigenvalue weighted by Crippen LogP contribution is -2.38. The second-order valence-electron chi connectivity index (χ2n) is 4.65. The molecule has 3 nitrogen and oxygen atoms in total. The van der Waals surface area contributed by atoms with Crippen LogP contribution in [-0.4, -0.2) is 37.6 Å². The van der Waals surface area contributed by atoms with Gasteiger partial charge in [0.25, 0.3) is 0 Å². The first-order valence-corrected chi connectivity index (χ1v) is 8.33. The molecule has 0 saturated heterocycles. The van der Waals surface area contributed by atoms with Crippen molar-refractivity contribution in [2.75, 3.05) is 31.6 Å². The summed E-state index contributed by atoms with van der Waals surface area (Å²) in [6.45, 7) is 5.63. The highest BCUT2D eigenvalue weighted by Gasteiger charge is 2.03. The van der Waals surface area contributed by atoms with Gasteiger partial charge in [-0.05, 0) is 32.1 Å². The average Bonchev–Trinajstić information content (AvgIpc) is 2.46. The zero-order valence-electron chi connectivity index (χ0n) is 12.5. The largest absolute Gasteiger partial charge is 0.356 e. The molecule has 0 heterocycles. The van der Waals surface area contributed by atoms with Crippen molar-refractivity contribution in [3.63, 3.8) is 0 Å². The Kier molecular flexibility index (Phi) is 13.7. The van der Waals surface area contributed by atoms with Gasteiger partial charge >= 0.3 is 0 Å². The topological polar surface area (TPSA) is 36.4 Å². The Morgan fingerprint density at radius 1 is 1.40 bits per heavy atom. The van der Waals surface area contributed by atoms with Crippen molar-refractivity contribution in [2.24, 2.45) is 4.99 Å². The number of halogens is 1. The van der Waals surface area contributed by atoms with E-state index in [4.69, 9.17) is 0 Å². The van der Waals surface area contributed by atoms with Gasteiger partial charge in [0.1, 0.15) is 0 Å². The maximum Gasteiger partial charge on any atom is 0.191 e. The van der Waals surface area contributed by atoms with Crippen LogP contribution in [0.25, 0.3) is 0 Å². The summed E-state index contributed by atoms with van der Waals surface area (Å²) >= 11 is 1.88. The minimum Gasteiger partial charge on any atom is -0.356 e. The van der Waals surface area contributed by atoms with Crippen LogP contribution in [0.1, 0.15) is 32.1 Å². The first-order valence-electron chi connectivity index (χ1n) is 7.18. The molecule has 0 atom stereocenters. The average molecular weight is 409 g/mol. The van der Waals surface area contributed by atoms with Crippen LogP contribution >= 0.6 is 35.7 Å². The monoisotopic (exact) mass is 409 g/mol. The third-order valence-electron chi connectivity index (χ3n) is 3.12. The Morgan fingerprint density at radius 2 is 2.20 bits per heavy atom. The summed E-state index contributed by atoms with van der Waals surface area (Å²) in [5, 5.41) is 6.71. The highest BCUT2D eigenvalue weighted by Crippen LogP contribution is 2.19. The summed E-state index contributed by atoms with van der Waals surface area (Å²) in [6, 6.07) is 0. The van der Waals surface area contributed by atoms with Crippen LogP contribution in [0, 0.1) is 0 Å². The second kappa shape index (κ2) is 13.8. The Bertz CT molecular complexity index is 316. The summed E-state index contributed by atoms with van der Waals surface area (Å²) in [4.78, 5) is 4.23. The van der Waals surface area contributed by atoms with Gasteiger partial charge in [0.05, 0.1) is 0 Å². The Labute approximate surface area is 145 Å². The summed E-state index contributed by atoms with van der Waals surface area (Å²) in [7, 11) is 1.83. The van der Waals surface area contributed by atoms with Crippen LogP contribution in [-0.2, 0) is 0 Å². The number of guanidine groups is 1. The van der Waals surface area contributed by atoms with Gasteiger partial charge in [-0.2, -0.15) is 11.8 Å². The Hall–Kier alpha value is -0.170. The summed E-state index contributed by atoms with van der Waals surface area (Å²) in [5.74, 6) is 3.01. The number of thioether (sulfide) groups is 1. The van der Waals surface area contributed by atoms with Gasteiger partial charge in [-0.3, -0.25) is 4.99 Å². The van der Waals surface area contributed by atoms with Gasteiger partial charge in [0.2, 0.25) is 0 Å². The number of nitrogens with zero attached hydrogens (tertiary/aromatic N) is 1. The van der Waals surface area contributed by atoms with E-state index >= 15 is 0 Å². The SMILES string of the molecule is C=CCSCCNC(=NC)NCCC1=CCCCC1.I. The maximum atomic E-state index is 4.23. The molecular weight excluding hydrogens is 381 g/mol. The van der Waals surface area contributed by atoms with Crippen molar-refractivity contribution in [3.05, 3.63) is 24.3 Å². The number of hydrogen-bond donors (Lipinski definition) is 2. The van der Waals surface area contributed by atoms with Gasteiger partial charge in [0, 0.05) is 31.6 Å². The van der Waals surface area contributed by atoms with Crippen molar-refractivity contribution in [3.8, 4) is 0 Å². The van der Waals surface area contributed by atoms with E-state index in [9.17, 15) is 0 Å². The number of rotatable bonds is 8. The molecule has 0 saturated carbocycles. The minimum absolute atomic E-state index is 0. The maximum absolute atomic E-state index is 4.23. The molecular formula is C15H28IN3S. The fourth-order valence-corrected chi connectivity index (χ4v) is 2.68. The van der Waals surface area contributed by atoms with Crippen molar-refractivity contribution in [2.45, 2.75) is 32.1 Å². The van der Waals surface area contributed by atoms with E-state index < -0.39 is 0 Å². The lowest BCUT2D eigenvalue weighted by atomic mass is 9.97. The van der Waals surface area contributed by atoms with E-state index in [0.717, 1.165) is 37.0 Å². The molecule has 0 bridgehead atoms. The van der Waals surface area contributed by atoms with E-state index in [1.807, 2.05) is 24.9 Å². The predicted octanol–water partition coefficient (Wildman–Crippen LogP) is 3.58. The van der Waals surface area contributed by atoms with Crippen LogP contribution in [0.15, 0.2) is 29.3 Å². The van der Waals surface area contributed by atoms with Crippen molar-refractivity contribution >= 4 is 41.7 Å². The van der Waals surface area contributed by atoms with E-state index in [-0.39, 0.29) is 24.0 Å². The number of aliphatic imine (C=N–C) groups is 1. The van der Waals surface area contributed by atoms with Gasteiger partial charge < -0.3 is 10.6 Å². The lowest BCUT2D eigenvalue weighted by molar-refractivity contribution is 0.666. The molecule has 0 radical (unpaired) electrons. The van der Waals surface area contributed by atoms with Gasteiger partial charge in [-0.25, -0.2) is 0 Å². The first-order chi connectivity index (χ1) is 9.36. The molecule has 0 unspecified atom stereocenters. The summed E-state index contributed by atoms with van der Waals surface area (Å²) in [5.41, 5.74) is 1.61. The number of hydrogen-bond acceptors (Lipinski definition) is 2. The third kappa shape index (κ3) is 9.69. The molecule has 2 N–H and O–H groups in total. The molecule has 0 spiro atoms. The highest BCUT2D eigenvalue weighted by atomic mass is 127. The van der Waals surface area contributed by atoms with E-state index in [2.05, 4.69) is 28.3 Å². The molecule has 1 rings (SSSR count). The molecule has 5 heteroatoms. The predicted molar refractivity (Wildman–Crippen MR) is 103 cm³/mol. The Morgan fingerprint density at radius 3 is 2.85 bits per heavy atom. The Balaban J connectivity index is 0.00000361. The molecule has 116 valence electrons. The van der Waals surface area contributed by atoms with Gasteiger partial charge in [-0.15, -0.1) is 30.6 Å². The van der Waals surface area contributed by atoms with Crippen molar-refractivity contribution in [1.29, 1.82) is 0 Å². The third-order valence-corrected chi connectivity index (χ3v) is 4.09. The quantitative estimate of drug-likeness (QED) is 0.212. The van der Waals surface area contributed by atoms with Crippen molar-refractivity contribution in [1.82, 2.24) is 10.6 Å². The molecule has 0 aromatic heterocycles. The minimum atomic E-state index is 0. The zero-order valence-corrected chi connectivity index (χ0v) is 15.6. The lowest BCUT2D eigenvalue weighted by Gasteiger charge is -2.15. The van der Waals surface area contributed by atoms with Crippen molar-refractivity contribution < 1.29 is 0 Å². The fraction of sp³-hybridized carbons (Fsp3) is 0.667. The fourth-order valence-electron chi connectivity index (χ4n) is 2.10. The zero-order chi connectivity index (χ0) is 13.8. The molecule has 0 fully saturated rings. The van der Waals surface area contributed by atoms with Crippen LogP contribution in [0.2, 0.25) is 0 Å². The smallest absolute Gasteiger partial charge is 0.191 e. The van der Waals surface area contributed by atoms with E-state index in [1.165, 1.54) is 25.7 Å². The molecule has 0 aromatic rings. The molecule has 1 aliphatic carbocycles. The number of nitrogens with one attached hydrogen (secondary N) is 2. The van der Waals surface area contributed by atoms with Crippen LogP contribution in [0.3, 0.4) is 0 Å². The van der Waals surface area contributed by atoms with Crippen LogP contribution < -0.4 is 10.6 Å². The first kappa shape index (κ1) is 19.8. The molecule has 20 heavy (non-hydrogen) atoms. The van der Waals surface area contributed by atoms with E-state index in [0.29, 0.717) is 0 Å². The molecule has 0 aliphatic heterocycles.